The topological polar surface area (TPSA) is 37.8 Å². The summed E-state index contributed by atoms with van der Waals surface area (Å²) in [6.07, 6.45) is 7.04. The number of aromatic nitrogens is 2. The third-order valence-corrected chi connectivity index (χ3v) is 2.35. The molecule has 0 saturated heterocycles. The van der Waals surface area contributed by atoms with E-state index in [9.17, 15) is 0 Å². The number of unbranched alkanes of at least 4 members (excludes halogenated alkanes) is 3. The number of nitrogens with zero attached hydrogens (tertiary/aromatic N) is 2. The Kier molecular flexibility index (Phi) is 5.93. The Hall–Kier alpha value is -0.960. The van der Waals surface area contributed by atoms with Crippen LogP contribution in [0.5, 0.6) is 0 Å². The molecule has 0 aliphatic heterocycles. The lowest BCUT2D eigenvalue weighted by Gasteiger charge is -2.04. The predicted molar refractivity (Wildman–Crippen MR) is 62.6 cm³/mol. The van der Waals surface area contributed by atoms with E-state index in [0.717, 1.165) is 24.6 Å². The van der Waals surface area contributed by atoms with Crippen LogP contribution in [0.3, 0.4) is 0 Å². The van der Waals surface area contributed by atoms with Gasteiger partial charge in [-0.25, -0.2) is 9.97 Å². The van der Waals surface area contributed by atoms with Crippen molar-refractivity contribution in [3.63, 3.8) is 0 Å². The highest BCUT2D eigenvalue weighted by atomic mass is 14.9. The average Bonchev–Trinajstić information content (AvgIpc) is 2.23. The lowest BCUT2D eigenvalue weighted by molar-refractivity contribution is 0.592. The predicted octanol–water partition coefficient (Wildman–Crippen LogP) is 2.45. The first kappa shape index (κ1) is 12.1. The van der Waals surface area contributed by atoms with Crippen molar-refractivity contribution < 1.29 is 0 Å². The molecule has 3 nitrogen and oxygen atoms in total. The van der Waals surface area contributed by atoms with Gasteiger partial charge >= 0.3 is 0 Å². The molecule has 0 unspecified atom stereocenters. The fourth-order valence-corrected chi connectivity index (χ4v) is 1.50. The van der Waals surface area contributed by atoms with Crippen molar-refractivity contribution in [3.8, 4) is 0 Å². The Morgan fingerprint density at radius 2 is 2.13 bits per heavy atom. The molecule has 0 spiro atoms. The lowest BCUT2D eigenvalue weighted by atomic mass is 10.2. The molecule has 15 heavy (non-hydrogen) atoms. The van der Waals surface area contributed by atoms with Crippen LogP contribution < -0.4 is 5.32 Å². The molecule has 3 heteroatoms. The van der Waals surface area contributed by atoms with Crippen molar-refractivity contribution in [1.29, 1.82) is 0 Å². The molecule has 0 radical (unpaired) electrons. The molecule has 0 fully saturated rings. The standard InChI is InChI=1S/C12H21N3/c1-3-4-5-6-8-13-10-12-7-9-14-11(2)15-12/h7,9,13H,3-6,8,10H2,1-2H3. The highest BCUT2D eigenvalue weighted by molar-refractivity contribution is 5.00. The summed E-state index contributed by atoms with van der Waals surface area (Å²) in [7, 11) is 0. The Morgan fingerprint density at radius 3 is 2.87 bits per heavy atom. The molecule has 0 saturated carbocycles. The molecule has 1 N–H and O–H groups in total. The molecular formula is C12H21N3. The van der Waals surface area contributed by atoms with Crippen molar-refractivity contribution in [2.24, 2.45) is 0 Å². The van der Waals surface area contributed by atoms with Gasteiger partial charge in [0, 0.05) is 12.7 Å². The van der Waals surface area contributed by atoms with Crippen LogP contribution in [0.15, 0.2) is 12.3 Å². The monoisotopic (exact) mass is 207 g/mol. The van der Waals surface area contributed by atoms with Gasteiger partial charge in [-0.15, -0.1) is 0 Å². The largest absolute Gasteiger partial charge is 0.311 e. The molecule has 0 aliphatic rings. The summed E-state index contributed by atoms with van der Waals surface area (Å²) in [4.78, 5) is 8.40. The zero-order chi connectivity index (χ0) is 10.9. The third kappa shape index (κ3) is 5.47. The van der Waals surface area contributed by atoms with Gasteiger partial charge in [0.2, 0.25) is 0 Å². The zero-order valence-electron chi connectivity index (χ0n) is 9.79. The molecule has 1 heterocycles. The smallest absolute Gasteiger partial charge is 0.125 e. The van der Waals surface area contributed by atoms with E-state index in [1.54, 1.807) is 0 Å². The molecule has 0 atom stereocenters. The second-order valence-electron chi connectivity index (χ2n) is 3.83. The van der Waals surface area contributed by atoms with Crippen molar-refractivity contribution in [2.45, 2.75) is 46.1 Å². The molecule has 0 bridgehead atoms. The number of rotatable bonds is 7. The van der Waals surface area contributed by atoms with Gasteiger partial charge in [0.15, 0.2) is 0 Å². The first-order valence-electron chi connectivity index (χ1n) is 5.82. The second-order valence-corrected chi connectivity index (χ2v) is 3.83. The van der Waals surface area contributed by atoms with Gasteiger partial charge in [0.05, 0.1) is 5.69 Å². The third-order valence-electron chi connectivity index (χ3n) is 2.35. The van der Waals surface area contributed by atoms with Crippen LogP contribution in [0.1, 0.15) is 44.1 Å². The first-order chi connectivity index (χ1) is 7.33. The van der Waals surface area contributed by atoms with Gasteiger partial charge in [-0.2, -0.15) is 0 Å². The summed E-state index contributed by atoms with van der Waals surface area (Å²) < 4.78 is 0. The van der Waals surface area contributed by atoms with Gasteiger partial charge in [0.25, 0.3) is 0 Å². The number of nitrogens with one attached hydrogen (secondary N) is 1. The normalized spacial score (nSPS) is 10.5. The van der Waals surface area contributed by atoms with E-state index in [-0.39, 0.29) is 0 Å². The van der Waals surface area contributed by atoms with Gasteiger partial charge in [0.1, 0.15) is 5.82 Å². The van der Waals surface area contributed by atoms with Crippen LogP contribution in [-0.2, 0) is 6.54 Å². The van der Waals surface area contributed by atoms with Crippen LogP contribution in [-0.4, -0.2) is 16.5 Å². The number of hydrogen-bond donors (Lipinski definition) is 1. The van der Waals surface area contributed by atoms with Crippen LogP contribution in [0.4, 0.5) is 0 Å². The SMILES string of the molecule is CCCCCCNCc1ccnc(C)n1. The minimum atomic E-state index is 0.847. The molecule has 1 rings (SSSR count). The fraction of sp³-hybridized carbons (Fsp3) is 0.667. The second kappa shape index (κ2) is 7.35. The molecule has 0 aromatic carbocycles. The van der Waals surface area contributed by atoms with Crippen molar-refractivity contribution >= 4 is 0 Å². The maximum absolute atomic E-state index is 4.33. The Morgan fingerprint density at radius 1 is 1.27 bits per heavy atom. The maximum atomic E-state index is 4.33. The molecular weight excluding hydrogens is 186 g/mol. The Bertz CT molecular complexity index is 273. The van der Waals surface area contributed by atoms with Crippen molar-refractivity contribution in [1.82, 2.24) is 15.3 Å². The minimum absolute atomic E-state index is 0.847. The van der Waals surface area contributed by atoms with E-state index in [2.05, 4.69) is 22.2 Å². The molecule has 0 aliphatic carbocycles. The maximum Gasteiger partial charge on any atom is 0.125 e. The first-order valence-corrected chi connectivity index (χ1v) is 5.82. The van der Waals surface area contributed by atoms with Crippen LogP contribution in [0.2, 0.25) is 0 Å². The van der Waals surface area contributed by atoms with E-state index in [4.69, 9.17) is 0 Å². The molecule has 84 valence electrons. The van der Waals surface area contributed by atoms with E-state index in [0.29, 0.717) is 0 Å². The lowest BCUT2D eigenvalue weighted by Crippen LogP contribution is -2.15. The van der Waals surface area contributed by atoms with E-state index >= 15 is 0 Å². The Labute approximate surface area is 92.3 Å². The van der Waals surface area contributed by atoms with Crippen LogP contribution in [0, 0.1) is 6.92 Å². The van der Waals surface area contributed by atoms with Crippen molar-refractivity contribution in [3.05, 3.63) is 23.8 Å². The Balaban J connectivity index is 2.10. The molecule has 1 aromatic rings. The summed E-state index contributed by atoms with van der Waals surface area (Å²) in [5, 5.41) is 3.40. The summed E-state index contributed by atoms with van der Waals surface area (Å²) in [6.45, 7) is 6.10. The van der Waals surface area contributed by atoms with Gasteiger partial charge in [-0.05, 0) is 26.0 Å². The fourth-order valence-electron chi connectivity index (χ4n) is 1.50. The number of aryl methyl sites for hydroxylation is 1. The number of hydrogen-bond acceptors (Lipinski definition) is 3. The highest BCUT2D eigenvalue weighted by Crippen LogP contribution is 1.98. The summed E-state index contributed by atoms with van der Waals surface area (Å²) in [5.41, 5.74) is 1.08. The summed E-state index contributed by atoms with van der Waals surface area (Å²) in [6, 6.07) is 1.96. The van der Waals surface area contributed by atoms with Gasteiger partial charge in [-0.1, -0.05) is 26.2 Å². The summed E-state index contributed by atoms with van der Waals surface area (Å²) >= 11 is 0. The molecule has 1 aromatic heterocycles. The van der Waals surface area contributed by atoms with E-state index in [1.807, 2.05) is 19.2 Å². The highest BCUT2D eigenvalue weighted by Gasteiger charge is 1.94. The molecule has 0 amide bonds. The zero-order valence-corrected chi connectivity index (χ0v) is 9.79. The van der Waals surface area contributed by atoms with Gasteiger partial charge < -0.3 is 5.32 Å². The average molecular weight is 207 g/mol. The van der Waals surface area contributed by atoms with Crippen LogP contribution in [0.25, 0.3) is 0 Å². The van der Waals surface area contributed by atoms with E-state index < -0.39 is 0 Å². The minimum Gasteiger partial charge on any atom is -0.311 e. The van der Waals surface area contributed by atoms with Crippen molar-refractivity contribution in [2.75, 3.05) is 6.54 Å². The summed E-state index contributed by atoms with van der Waals surface area (Å²) in [5.74, 6) is 0.847. The van der Waals surface area contributed by atoms with Crippen LogP contribution >= 0.6 is 0 Å². The van der Waals surface area contributed by atoms with E-state index in [1.165, 1.54) is 25.7 Å². The quantitative estimate of drug-likeness (QED) is 0.698. The van der Waals surface area contributed by atoms with Gasteiger partial charge in [-0.3, -0.25) is 0 Å².